The first-order valence-corrected chi connectivity index (χ1v) is 11.7. The predicted octanol–water partition coefficient (Wildman–Crippen LogP) is 5.59. The van der Waals surface area contributed by atoms with E-state index in [0.29, 0.717) is 40.9 Å². The summed E-state index contributed by atoms with van der Waals surface area (Å²) in [4.78, 5) is 31.3. The number of carbonyl (C=O) groups is 2. The maximum atomic E-state index is 13.0. The molecular formula is C28H25F3N4O3. The topological polar surface area (TPSA) is 83.6 Å². The van der Waals surface area contributed by atoms with E-state index in [1.807, 2.05) is 19.0 Å². The standard InChI is InChI=1S/C28H25F3N4O3/c1-35(2)14-13-33-27(37)25-17-22(11-12-32-25)38-21-9-10-23-18(15-21)5-3-8-24(23)26(36)34-20-7-4-6-19(16-20)28(29,30)31/h3-12,15-17H,13-14H2,1-2H3,(H,33,37)(H,34,36). The summed E-state index contributed by atoms with van der Waals surface area (Å²) < 4.78 is 45.0. The van der Waals surface area contributed by atoms with Crippen molar-refractivity contribution in [2.24, 2.45) is 0 Å². The molecule has 4 rings (SSSR count). The van der Waals surface area contributed by atoms with Gasteiger partial charge in [0.05, 0.1) is 5.56 Å². The Morgan fingerprint density at radius 3 is 2.45 bits per heavy atom. The van der Waals surface area contributed by atoms with E-state index in [-0.39, 0.29) is 17.3 Å². The second-order valence-electron chi connectivity index (χ2n) is 8.76. The van der Waals surface area contributed by atoms with Crippen LogP contribution in [0.15, 0.2) is 79.0 Å². The van der Waals surface area contributed by atoms with Crippen molar-refractivity contribution in [2.45, 2.75) is 6.18 Å². The number of alkyl halides is 3. The van der Waals surface area contributed by atoms with Crippen LogP contribution >= 0.6 is 0 Å². The Bertz CT molecular complexity index is 1470. The molecule has 1 aromatic heterocycles. The highest BCUT2D eigenvalue weighted by Crippen LogP contribution is 2.31. The minimum atomic E-state index is -4.51. The zero-order valence-corrected chi connectivity index (χ0v) is 20.7. The van der Waals surface area contributed by atoms with Gasteiger partial charge in [0.2, 0.25) is 0 Å². The SMILES string of the molecule is CN(C)CCNC(=O)c1cc(Oc2ccc3c(C(=O)Nc4cccc(C(F)(F)F)c4)cccc3c2)ccn1. The number of aromatic nitrogens is 1. The molecule has 0 fully saturated rings. The minimum Gasteiger partial charge on any atom is -0.457 e. The predicted molar refractivity (Wildman–Crippen MR) is 139 cm³/mol. The molecule has 0 spiro atoms. The molecule has 0 saturated heterocycles. The van der Waals surface area contributed by atoms with Crippen molar-refractivity contribution in [2.75, 3.05) is 32.5 Å². The number of benzene rings is 3. The maximum absolute atomic E-state index is 13.0. The van der Waals surface area contributed by atoms with Crippen LogP contribution in [0, 0.1) is 0 Å². The molecule has 196 valence electrons. The highest BCUT2D eigenvalue weighted by Gasteiger charge is 2.30. The molecule has 10 heteroatoms. The first kappa shape index (κ1) is 26.6. The number of pyridine rings is 1. The number of nitrogens with zero attached hydrogens (tertiary/aromatic N) is 2. The largest absolute Gasteiger partial charge is 0.457 e. The van der Waals surface area contributed by atoms with Crippen molar-refractivity contribution in [1.29, 1.82) is 0 Å². The Labute approximate surface area is 217 Å². The van der Waals surface area contributed by atoms with Crippen LogP contribution in [0.4, 0.5) is 18.9 Å². The lowest BCUT2D eigenvalue weighted by molar-refractivity contribution is -0.137. The van der Waals surface area contributed by atoms with Crippen LogP contribution in [0.25, 0.3) is 10.8 Å². The molecule has 0 aliphatic carbocycles. The molecule has 2 amide bonds. The van der Waals surface area contributed by atoms with E-state index in [2.05, 4.69) is 15.6 Å². The summed E-state index contributed by atoms with van der Waals surface area (Å²) in [6.45, 7) is 1.17. The Hall–Kier alpha value is -4.44. The number of anilines is 1. The van der Waals surface area contributed by atoms with E-state index < -0.39 is 17.6 Å². The Kier molecular flexibility index (Phi) is 7.92. The third-order valence-corrected chi connectivity index (χ3v) is 5.59. The number of hydrogen-bond acceptors (Lipinski definition) is 5. The van der Waals surface area contributed by atoms with Gasteiger partial charge in [-0.25, -0.2) is 0 Å². The van der Waals surface area contributed by atoms with Crippen molar-refractivity contribution in [3.8, 4) is 11.5 Å². The summed E-state index contributed by atoms with van der Waals surface area (Å²) in [6, 6.07) is 17.8. The third kappa shape index (κ3) is 6.65. The molecule has 2 N–H and O–H groups in total. The number of amides is 2. The molecule has 0 unspecified atom stereocenters. The molecular weight excluding hydrogens is 497 g/mol. The molecule has 3 aromatic carbocycles. The minimum absolute atomic E-state index is 0.0426. The van der Waals surface area contributed by atoms with Crippen LogP contribution in [0.5, 0.6) is 11.5 Å². The summed E-state index contributed by atoms with van der Waals surface area (Å²) >= 11 is 0. The third-order valence-electron chi connectivity index (χ3n) is 5.59. The average molecular weight is 523 g/mol. The number of carbonyl (C=O) groups excluding carboxylic acids is 2. The normalized spacial score (nSPS) is 11.4. The first-order chi connectivity index (χ1) is 18.1. The number of halogens is 3. The van der Waals surface area contributed by atoms with Gasteiger partial charge in [0.25, 0.3) is 11.8 Å². The van der Waals surface area contributed by atoms with Crippen molar-refractivity contribution >= 4 is 28.3 Å². The van der Waals surface area contributed by atoms with Gasteiger partial charge in [0.1, 0.15) is 17.2 Å². The van der Waals surface area contributed by atoms with E-state index in [0.717, 1.165) is 12.1 Å². The average Bonchev–Trinajstić information content (AvgIpc) is 2.87. The fraction of sp³-hybridized carbons (Fsp3) is 0.179. The summed E-state index contributed by atoms with van der Waals surface area (Å²) in [6.07, 6.45) is -3.03. The van der Waals surface area contributed by atoms with E-state index >= 15 is 0 Å². The van der Waals surface area contributed by atoms with Crippen LogP contribution in [-0.4, -0.2) is 48.9 Å². The van der Waals surface area contributed by atoms with Crippen molar-refractivity contribution < 1.29 is 27.5 Å². The highest BCUT2D eigenvalue weighted by atomic mass is 19.4. The second kappa shape index (κ2) is 11.3. The smallest absolute Gasteiger partial charge is 0.416 e. The van der Waals surface area contributed by atoms with Crippen LogP contribution in [0.2, 0.25) is 0 Å². The number of rotatable bonds is 8. The van der Waals surface area contributed by atoms with Gasteiger partial charge >= 0.3 is 6.18 Å². The maximum Gasteiger partial charge on any atom is 0.416 e. The summed E-state index contributed by atoms with van der Waals surface area (Å²) in [5.41, 5.74) is -0.288. The highest BCUT2D eigenvalue weighted by molar-refractivity contribution is 6.13. The summed E-state index contributed by atoms with van der Waals surface area (Å²) in [7, 11) is 3.82. The van der Waals surface area contributed by atoms with Crippen LogP contribution in [0.3, 0.4) is 0 Å². The van der Waals surface area contributed by atoms with Gasteiger partial charge in [-0.2, -0.15) is 13.2 Å². The molecule has 0 saturated carbocycles. The van der Waals surface area contributed by atoms with Crippen LogP contribution < -0.4 is 15.4 Å². The summed E-state index contributed by atoms with van der Waals surface area (Å²) in [5, 5.41) is 6.62. The molecule has 4 aromatic rings. The quantitative estimate of drug-likeness (QED) is 0.315. The Morgan fingerprint density at radius 2 is 1.68 bits per heavy atom. The fourth-order valence-electron chi connectivity index (χ4n) is 3.71. The zero-order valence-electron chi connectivity index (χ0n) is 20.7. The summed E-state index contributed by atoms with van der Waals surface area (Å²) in [5.74, 6) is 0.0311. The van der Waals surface area contributed by atoms with E-state index in [9.17, 15) is 22.8 Å². The van der Waals surface area contributed by atoms with E-state index in [1.165, 1.54) is 24.4 Å². The van der Waals surface area contributed by atoms with Gasteiger partial charge in [0.15, 0.2) is 0 Å². The fourth-order valence-corrected chi connectivity index (χ4v) is 3.71. The van der Waals surface area contributed by atoms with Gasteiger partial charge in [-0.05, 0) is 73.4 Å². The van der Waals surface area contributed by atoms with Crippen molar-refractivity contribution in [3.63, 3.8) is 0 Å². The number of fused-ring (bicyclic) bond motifs is 1. The molecule has 0 bridgehead atoms. The lowest BCUT2D eigenvalue weighted by Crippen LogP contribution is -2.31. The van der Waals surface area contributed by atoms with Gasteiger partial charge < -0.3 is 20.3 Å². The van der Waals surface area contributed by atoms with Gasteiger partial charge in [0, 0.05) is 36.6 Å². The Balaban J connectivity index is 1.50. The number of hydrogen-bond donors (Lipinski definition) is 2. The molecule has 0 radical (unpaired) electrons. The lowest BCUT2D eigenvalue weighted by Gasteiger charge is -2.12. The van der Waals surface area contributed by atoms with Crippen molar-refractivity contribution in [1.82, 2.24) is 15.2 Å². The Morgan fingerprint density at radius 1 is 0.921 bits per heavy atom. The zero-order chi connectivity index (χ0) is 27.3. The van der Waals surface area contributed by atoms with Crippen molar-refractivity contribution in [3.05, 3.63) is 95.8 Å². The number of nitrogens with one attached hydrogen (secondary N) is 2. The lowest BCUT2D eigenvalue weighted by atomic mass is 10.0. The second-order valence-corrected chi connectivity index (χ2v) is 8.76. The first-order valence-electron chi connectivity index (χ1n) is 11.7. The molecule has 1 heterocycles. The van der Waals surface area contributed by atoms with Gasteiger partial charge in [-0.15, -0.1) is 0 Å². The number of ether oxygens (including phenoxy) is 1. The number of likely N-dealkylation sites (N-methyl/N-ethyl adjacent to an activating group) is 1. The molecule has 0 atom stereocenters. The van der Waals surface area contributed by atoms with Gasteiger partial charge in [-0.3, -0.25) is 14.6 Å². The van der Waals surface area contributed by atoms with Crippen LogP contribution in [0.1, 0.15) is 26.4 Å². The van der Waals surface area contributed by atoms with Crippen LogP contribution in [-0.2, 0) is 6.18 Å². The van der Waals surface area contributed by atoms with E-state index in [1.54, 1.807) is 42.5 Å². The molecule has 38 heavy (non-hydrogen) atoms. The molecule has 0 aliphatic heterocycles. The molecule has 7 nitrogen and oxygen atoms in total. The molecule has 0 aliphatic rings. The monoisotopic (exact) mass is 522 g/mol. The van der Waals surface area contributed by atoms with E-state index in [4.69, 9.17) is 4.74 Å². The van der Waals surface area contributed by atoms with Gasteiger partial charge in [-0.1, -0.05) is 18.2 Å².